The zero-order chi connectivity index (χ0) is 13.6. The SMILES string of the molecule is CCCCN(CCN)S(=O)(=O)c1ncccc1F. The van der Waals surface area contributed by atoms with Crippen LogP contribution in [0.3, 0.4) is 0 Å². The predicted molar refractivity (Wildman–Crippen MR) is 66.9 cm³/mol. The molecule has 102 valence electrons. The molecule has 0 saturated heterocycles. The zero-order valence-electron chi connectivity index (χ0n) is 10.3. The molecular formula is C11H18FN3O2S. The molecule has 7 heteroatoms. The number of pyridine rings is 1. The van der Waals surface area contributed by atoms with Gasteiger partial charge in [0.2, 0.25) is 5.03 Å². The first kappa shape index (κ1) is 15.0. The maximum Gasteiger partial charge on any atom is 0.263 e. The summed E-state index contributed by atoms with van der Waals surface area (Å²) >= 11 is 0. The van der Waals surface area contributed by atoms with Gasteiger partial charge in [0.25, 0.3) is 10.0 Å². The average molecular weight is 275 g/mol. The molecule has 0 amide bonds. The van der Waals surface area contributed by atoms with E-state index in [-0.39, 0.29) is 13.1 Å². The quantitative estimate of drug-likeness (QED) is 0.804. The van der Waals surface area contributed by atoms with E-state index in [1.54, 1.807) is 0 Å². The van der Waals surface area contributed by atoms with Crippen LogP contribution in [0.4, 0.5) is 4.39 Å². The van der Waals surface area contributed by atoms with Gasteiger partial charge < -0.3 is 5.73 Å². The molecule has 0 radical (unpaired) electrons. The fourth-order valence-corrected chi connectivity index (χ4v) is 2.98. The van der Waals surface area contributed by atoms with Crippen molar-refractivity contribution in [1.82, 2.24) is 9.29 Å². The lowest BCUT2D eigenvalue weighted by molar-refractivity contribution is 0.404. The van der Waals surface area contributed by atoms with Gasteiger partial charge in [0.05, 0.1) is 0 Å². The van der Waals surface area contributed by atoms with Crippen molar-refractivity contribution in [2.75, 3.05) is 19.6 Å². The Morgan fingerprint density at radius 3 is 2.72 bits per heavy atom. The molecule has 0 fully saturated rings. The Morgan fingerprint density at radius 1 is 1.44 bits per heavy atom. The number of unbranched alkanes of at least 4 members (excludes halogenated alkanes) is 1. The second-order valence-electron chi connectivity index (χ2n) is 3.84. The van der Waals surface area contributed by atoms with Gasteiger partial charge in [-0.1, -0.05) is 13.3 Å². The van der Waals surface area contributed by atoms with E-state index < -0.39 is 20.9 Å². The van der Waals surface area contributed by atoms with Crippen LogP contribution in [0.5, 0.6) is 0 Å². The molecule has 5 nitrogen and oxygen atoms in total. The number of sulfonamides is 1. The van der Waals surface area contributed by atoms with E-state index in [9.17, 15) is 12.8 Å². The van der Waals surface area contributed by atoms with Crippen molar-refractivity contribution >= 4 is 10.0 Å². The second kappa shape index (κ2) is 6.77. The maximum atomic E-state index is 13.5. The van der Waals surface area contributed by atoms with Gasteiger partial charge in [0.1, 0.15) is 0 Å². The molecule has 0 saturated carbocycles. The van der Waals surface area contributed by atoms with Gasteiger partial charge in [-0.25, -0.2) is 17.8 Å². The third-order valence-corrected chi connectivity index (χ3v) is 4.28. The first-order valence-electron chi connectivity index (χ1n) is 5.84. The largest absolute Gasteiger partial charge is 0.329 e. The minimum atomic E-state index is -3.90. The molecule has 0 aliphatic carbocycles. The van der Waals surface area contributed by atoms with Crippen LogP contribution in [-0.2, 0) is 10.0 Å². The smallest absolute Gasteiger partial charge is 0.263 e. The Labute approximate surface area is 107 Å². The fraction of sp³-hybridized carbons (Fsp3) is 0.545. The molecule has 0 bridgehead atoms. The molecule has 1 aromatic rings. The minimum absolute atomic E-state index is 0.165. The molecule has 0 aromatic carbocycles. The third-order valence-electron chi connectivity index (χ3n) is 2.45. The van der Waals surface area contributed by atoms with Crippen molar-refractivity contribution in [2.45, 2.75) is 24.8 Å². The molecule has 1 rings (SSSR count). The molecule has 0 unspecified atom stereocenters. The van der Waals surface area contributed by atoms with Gasteiger partial charge >= 0.3 is 0 Å². The van der Waals surface area contributed by atoms with Gasteiger partial charge in [-0.2, -0.15) is 4.31 Å². The molecule has 2 N–H and O–H groups in total. The van der Waals surface area contributed by atoms with Crippen molar-refractivity contribution in [3.05, 3.63) is 24.1 Å². The molecule has 18 heavy (non-hydrogen) atoms. The normalized spacial score (nSPS) is 12.0. The van der Waals surface area contributed by atoms with Crippen LogP contribution in [0.1, 0.15) is 19.8 Å². The highest BCUT2D eigenvalue weighted by molar-refractivity contribution is 7.89. The molecule has 0 spiro atoms. The summed E-state index contributed by atoms with van der Waals surface area (Å²) in [5.74, 6) is -0.837. The lowest BCUT2D eigenvalue weighted by Crippen LogP contribution is -2.37. The highest BCUT2D eigenvalue weighted by atomic mass is 32.2. The van der Waals surface area contributed by atoms with E-state index in [0.717, 1.165) is 12.5 Å². The summed E-state index contributed by atoms with van der Waals surface area (Å²) < 4.78 is 39.1. The predicted octanol–water partition coefficient (Wildman–Crippen LogP) is 0.970. The van der Waals surface area contributed by atoms with Crippen molar-refractivity contribution in [3.8, 4) is 0 Å². The number of aromatic nitrogens is 1. The monoisotopic (exact) mass is 275 g/mol. The van der Waals surface area contributed by atoms with E-state index in [0.29, 0.717) is 13.0 Å². The number of nitrogens with two attached hydrogens (primary N) is 1. The van der Waals surface area contributed by atoms with Crippen LogP contribution in [0.15, 0.2) is 23.4 Å². The Hall–Kier alpha value is -1.05. The first-order valence-corrected chi connectivity index (χ1v) is 7.28. The fourth-order valence-electron chi connectivity index (χ4n) is 1.51. The van der Waals surface area contributed by atoms with Crippen LogP contribution in [0.25, 0.3) is 0 Å². The van der Waals surface area contributed by atoms with Gasteiger partial charge in [0.15, 0.2) is 5.82 Å². The molecule has 0 aliphatic heterocycles. The molecule has 0 aliphatic rings. The number of halogens is 1. The lowest BCUT2D eigenvalue weighted by Gasteiger charge is -2.20. The van der Waals surface area contributed by atoms with Crippen molar-refractivity contribution < 1.29 is 12.8 Å². The average Bonchev–Trinajstić information content (AvgIpc) is 2.34. The zero-order valence-corrected chi connectivity index (χ0v) is 11.2. The Balaban J connectivity index is 3.05. The first-order chi connectivity index (χ1) is 8.54. The van der Waals surface area contributed by atoms with E-state index >= 15 is 0 Å². The highest BCUT2D eigenvalue weighted by Gasteiger charge is 2.27. The van der Waals surface area contributed by atoms with E-state index in [2.05, 4.69) is 4.98 Å². The summed E-state index contributed by atoms with van der Waals surface area (Å²) in [5.41, 5.74) is 5.39. The van der Waals surface area contributed by atoms with Gasteiger partial charge in [-0.3, -0.25) is 0 Å². The van der Waals surface area contributed by atoms with Crippen LogP contribution in [0, 0.1) is 5.82 Å². The summed E-state index contributed by atoms with van der Waals surface area (Å²) in [6.45, 7) is 2.64. The van der Waals surface area contributed by atoms with Crippen molar-refractivity contribution in [1.29, 1.82) is 0 Å². The Morgan fingerprint density at radius 2 is 2.17 bits per heavy atom. The minimum Gasteiger partial charge on any atom is -0.329 e. The maximum absolute atomic E-state index is 13.5. The van der Waals surface area contributed by atoms with E-state index in [4.69, 9.17) is 5.73 Å². The molecule has 1 heterocycles. The summed E-state index contributed by atoms with van der Waals surface area (Å²) in [6.07, 6.45) is 2.81. The van der Waals surface area contributed by atoms with Crippen LogP contribution in [0.2, 0.25) is 0 Å². The van der Waals surface area contributed by atoms with Gasteiger partial charge in [-0.15, -0.1) is 0 Å². The molecule has 0 atom stereocenters. The summed E-state index contributed by atoms with van der Waals surface area (Å²) in [7, 11) is -3.90. The van der Waals surface area contributed by atoms with Crippen LogP contribution in [-0.4, -0.2) is 37.3 Å². The molecule has 1 aromatic heterocycles. The Kier molecular flexibility index (Phi) is 5.64. The standard InChI is InChI=1S/C11H18FN3O2S/c1-2-3-8-15(9-6-13)18(16,17)11-10(12)5-4-7-14-11/h4-5,7H,2-3,6,8-9,13H2,1H3. The number of hydrogen-bond acceptors (Lipinski definition) is 4. The van der Waals surface area contributed by atoms with Crippen molar-refractivity contribution in [2.24, 2.45) is 5.73 Å². The number of hydrogen-bond donors (Lipinski definition) is 1. The second-order valence-corrected chi connectivity index (χ2v) is 5.69. The van der Waals surface area contributed by atoms with Crippen LogP contribution >= 0.6 is 0 Å². The highest BCUT2D eigenvalue weighted by Crippen LogP contribution is 2.16. The number of rotatable bonds is 7. The van der Waals surface area contributed by atoms with Crippen LogP contribution < -0.4 is 5.73 Å². The Bertz CT molecular complexity index is 479. The summed E-state index contributed by atoms with van der Waals surface area (Å²) in [6, 6.07) is 2.44. The van der Waals surface area contributed by atoms with Crippen molar-refractivity contribution in [3.63, 3.8) is 0 Å². The van der Waals surface area contributed by atoms with E-state index in [1.807, 2.05) is 6.92 Å². The third kappa shape index (κ3) is 3.47. The topological polar surface area (TPSA) is 76.3 Å². The van der Waals surface area contributed by atoms with E-state index in [1.165, 1.54) is 16.6 Å². The summed E-state index contributed by atoms with van der Waals surface area (Å²) in [5, 5.41) is -0.533. The molecular weight excluding hydrogens is 257 g/mol. The van der Waals surface area contributed by atoms with Gasteiger partial charge in [-0.05, 0) is 18.6 Å². The number of nitrogens with zero attached hydrogens (tertiary/aromatic N) is 2. The summed E-state index contributed by atoms with van der Waals surface area (Å²) in [4.78, 5) is 3.62. The van der Waals surface area contributed by atoms with Gasteiger partial charge in [0, 0.05) is 25.8 Å². The lowest BCUT2D eigenvalue weighted by atomic mass is 10.3.